The third-order valence-electron chi connectivity index (χ3n) is 5.41. The van der Waals surface area contributed by atoms with Crippen LogP contribution in [-0.4, -0.2) is 60.0 Å². The van der Waals surface area contributed by atoms with Gasteiger partial charge >= 0.3 is 5.97 Å². The minimum absolute atomic E-state index is 0.174. The van der Waals surface area contributed by atoms with Gasteiger partial charge in [0.2, 0.25) is 0 Å². The molecule has 0 spiro atoms. The molecule has 0 bridgehead atoms. The van der Waals surface area contributed by atoms with E-state index in [0.29, 0.717) is 12.2 Å². The number of fused-ring (bicyclic) bond motifs is 3. The number of aromatic nitrogens is 2. The molecule has 3 heterocycles. The van der Waals surface area contributed by atoms with Gasteiger partial charge in [0.1, 0.15) is 15.7 Å². The van der Waals surface area contributed by atoms with Crippen molar-refractivity contribution >= 4 is 39.3 Å². The fourth-order valence-corrected chi connectivity index (χ4v) is 6.28. The van der Waals surface area contributed by atoms with Gasteiger partial charge in [0.25, 0.3) is 0 Å². The lowest BCUT2D eigenvalue weighted by Gasteiger charge is -2.25. The van der Waals surface area contributed by atoms with E-state index in [9.17, 15) is 4.79 Å². The average Bonchev–Trinajstić information content (AvgIpc) is 3.05. The van der Waals surface area contributed by atoms with Gasteiger partial charge in [-0.1, -0.05) is 6.92 Å². The van der Waals surface area contributed by atoms with Crippen molar-refractivity contribution in [1.29, 1.82) is 0 Å². The van der Waals surface area contributed by atoms with E-state index in [4.69, 9.17) is 19.4 Å². The largest absolute Gasteiger partial charge is 0.469 e. The average molecular weight is 422 g/mol. The Morgan fingerprint density at radius 3 is 2.96 bits per heavy atom. The summed E-state index contributed by atoms with van der Waals surface area (Å²) in [7, 11) is 1.44. The van der Waals surface area contributed by atoms with Gasteiger partial charge in [0.05, 0.1) is 33.3 Å². The molecule has 2 aromatic rings. The van der Waals surface area contributed by atoms with Gasteiger partial charge < -0.3 is 9.47 Å². The molecule has 0 aromatic carbocycles. The van der Waals surface area contributed by atoms with Crippen LogP contribution in [0.4, 0.5) is 0 Å². The van der Waals surface area contributed by atoms with E-state index in [1.54, 1.807) is 11.8 Å². The van der Waals surface area contributed by atoms with Crippen molar-refractivity contribution in [2.45, 2.75) is 44.2 Å². The fraction of sp³-hybridized carbons (Fsp3) is 0.650. The van der Waals surface area contributed by atoms with E-state index in [1.807, 2.05) is 11.3 Å². The molecule has 6 nitrogen and oxygen atoms in total. The second kappa shape index (κ2) is 9.07. The summed E-state index contributed by atoms with van der Waals surface area (Å²) in [5, 5.41) is 2.26. The van der Waals surface area contributed by atoms with Crippen molar-refractivity contribution in [2.24, 2.45) is 5.92 Å². The van der Waals surface area contributed by atoms with Gasteiger partial charge in [-0.15, -0.1) is 23.1 Å². The number of ether oxygens (including phenoxy) is 2. The minimum atomic E-state index is -0.174. The highest BCUT2D eigenvalue weighted by atomic mass is 32.2. The van der Waals surface area contributed by atoms with Crippen LogP contribution in [-0.2, 0) is 33.7 Å². The van der Waals surface area contributed by atoms with Crippen molar-refractivity contribution in [2.75, 3.05) is 39.2 Å². The number of carbonyl (C=O) groups is 1. The number of thiophene rings is 1. The Hall–Kier alpha value is -1.22. The zero-order valence-electron chi connectivity index (χ0n) is 16.5. The Labute approximate surface area is 174 Å². The highest BCUT2D eigenvalue weighted by molar-refractivity contribution is 7.99. The third-order valence-corrected chi connectivity index (χ3v) is 7.53. The summed E-state index contributed by atoms with van der Waals surface area (Å²) < 4.78 is 10.2. The van der Waals surface area contributed by atoms with Crippen molar-refractivity contribution < 1.29 is 14.3 Å². The SMILES string of the molecule is COC(=O)CCSc1nc(CN2CCOCC2)nc2sc3c(c12)CC[C@H](C)C3. The normalized spacial score (nSPS) is 20.3. The summed E-state index contributed by atoms with van der Waals surface area (Å²) in [5.74, 6) is 2.11. The standard InChI is InChI=1S/C20H27N3O3S2/c1-13-3-4-14-15(11-13)28-20-18(14)19(27-10-5-17(24)25-2)21-16(22-20)12-23-6-8-26-9-7-23/h13H,3-12H2,1-2H3/t13-/m0/s1. The van der Waals surface area contributed by atoms with Gasteiger partial charge in [-0.3, -0.25) is 9.69 Å². The molecule has 0 radical (unpaired) electrons. The summed E-state index contributed by atoms with van der Waals surface area (Å²) in [4.78, 5) is 26.3. The zero-order valence-corrected chi connectivity index (χ0v) is 18.2. The number of hydrogen-bond donors (Lipinski definition) is 0. The van der Waals surface area contributed by atoms with E-state index in [0.717, 1.165) is 67.3 Å². The first-order valence-electron chi connectivity index (χ1n) is 9.95. The van der Waals surface area contributed by atoms with Crippen molar-refractivity contribution in [3.63, 3.8) is 0 Å². The van der Waals surface area contributed by atoms with E-state index < -0.39 is 0 Å². The predicted octanol–water partition coefficient (Wildman–Crippen LogP) is 3.30. The Balaban J connectivity index is 1.64. The molecule has 1 fully saturated rings. The summed E-state index contributed by atoms with van der Waals surface area (Å²) in [6.45, 7) is 6.47. The van der Waals surface area contributed by atoms with Crippen molar-refractivity contribution in [3.8, 4) is 0 Å². The van der Waals surface area contributed by atoms with E-state index >= 15 is 0 Å². The second-order valence-corrected chi connectivity index (χ2v) is 9.71. The molecule has 4 rings (SSSR count). The van der Waals surface area contributed by atoms with Crippen LogP contribution < -0.4 is 0 Å². The number of thioether (sulfide) groups is 1. The maximum atomic E-state index is 11.5. The van der Waals surface area contributed by atoms with Gasteiger partial charge in [0.15, 0.2) is 0 Å². The minimum Gasteiger partial charge on any atom is -0.469 e. The van der Waals surface area contributed by atoms with Crippen molar-refractivity contribution in [1.82, 2.24) is 14.9 Å². The number of aryl methyl sites for hydroxylation is 1. The number of methoxy groups -OCH3 is 1. The number of hydrogen-bond acceptors (Lipinski definition) is 8. The molecular weight excluding hydrogens is 394 g/mol. The van der Waals surface area contributed by atoms with Gasteiger partial charge in [0, 0.05) is 29.1 Å². The quantitative estimate of drug-likeness (QED) is 0.403. The lowest BCUT2D eigenvalue weighted by molar-refractivity contribution is -0.140. The molecule has 1 aliphatic carbocycles. The Morgan fingerprint density at radius 1 is 1.36 bits per heavy atom. The molecule has 1 aliphatic heterocycles. The molecular formula is C20H27N3O3S2. The molecule has 2 aromatic heterocycles. The number of nitrogens with zero attached hydrogens (tertiary/aromatic N) is 3. The fourth-order valence-electron chi connectivity index (χ4n) is 3.82. The van der Waals surface area contributed by atoms with Gasteiger partial charge in [-0.2, -0.15) is 0 Å². The van der Waals surface area contributed by atoms with Crippen molar-refractivity contribution in [3.05, 3.63) is 16.3 Å². The van der Waals surface area contributed by atoms with Crippen LogP contribution in [0.25, 0.3) is 10.2 Å². The number of esters is 1. The topological polar surface area (TPSA) is 64.5 Å². The van der Waals surface area contributed by atoms with Crippen LogP contribution in [0.1, 0.15) is 36.0 Å². The molecule has 0 saturated carbocycles. The summed E-state index contributed by atoms with van der Waals surface area (Å²) in [5.41, 5.74) is 1.44. The highest BCUT2D eigenvalue weighted by Gasteiger charge is 2.24. The number of carbonyl (C=O) groups excluding carboxylic acids is 1. The molecule has 0 N–H and O–H groups in total. The molecule has 1 saturated heterocycles. The lowest BCUT2D eigenvalue weighted by Crippen LogP contribution is -2.36. The molecule has 1 atom stereocenters. The van der Waals surface area contributed by atoms with Crippen LogP contribution in [0.5, 0.6) is 0 Å². The summed E-state index contributed by atoms with van der Waals surface area (Å²) in [6.07, 6.45) is 3.87. The van der Waals surface area contributed by atoms with E-state index in [2.05, 4.69) is 11.8 Å². The summed E-state index contributed by atoms with van der Waals surface area (Å²) >= 11 is 3.50. The number of rotatable bonds is 6. The maximum Gasteiger partial charge on any atom is 0.306 e. The molecule has 0 amide bonds. The van der Waals surface area contributed by atoms with E-state index in [-0.39, 0.29) is 5.97 Å². The zero-order chi connectivity index (χ0) is 19.5. The molecule has 0 unspecified atom stereocenters. The molecule has 8 heteroatoms. The first kappa shape index (κ1) is 20.1. The second-order valence-electron chi connectivity index (χ2n) is 7.54. The first-order valence-corrected chi connectivity index (χ1v) is 11.7. The van der Waals surface area contributed by atoms with Crippen LogP contribution in [0.15, 0.2) is 5.03 Å². The molecule has 152 valence electrons. The van der Waals surface area contributed by atoms with Gasteiger partial charge in [-0.25, -0.2) is 9.97 Å². The summed E-state index contributed by atoms with van der Waals surface area (Å²) in [6, 6.07) is 0. The van der Waals surface area contributed by atoms with Gasteiger partial charge in [-0.05, 0) is 30.7 Å². The van der Waals surface area contributed by atoms with Crippen LogP contribution >= 0.6 is 23.1 Å². The van der Waals surface area contributed by atoms with Crippen LogP contribution in [0.3, 0.4) is 0 Å². The Kier molecular flexibility index (Phi) is 6.50. The molecule has 2 aliphatic rings. The number of morpholine rings is 1. The Bertz CT molecular complexity index is 849. The van der Waals surface area contributed by atoms with E-state index in [1.165, 1.54) is 29.4 Å². The monoisotopic (exact) mass is 421 g/mol. The predicted molar refractivity (Wildman–Crippen MR) is 112 cm³/mol. The molecule has 28 heavy (non-hydrogen) atoms. The lowest BCUT2D eigenvalue weighted by atomic mass is 9.89. The smallest absolute Gasteiger partial charge is 0.306 e. The first-order chi connectivity index (χ1) is 13.6. The van der Waals surface area contributed by atoms with Crippen LogP contribution in [0, 0.1) is 5.92 Å². The van der Waals surface area contributed by atoms with Crippen LogP contribution in [0.2, 0.25) is 0 Å². The Morgan fingerprint density at radius 2 is 2.18 bits per heavy atom. The maximum absolute atomic E-state index is 11.5. The highest BCUT2D eigenvalue weighted by Crippen LogP contribution is 2.41. The third kappa shape index (κ3) is 4.50.